The van der Waals surface area contributed by atoms with E-state index in [-0.39, 0.29) is 5.78 Å². The van der Waals surface area contributed by atoms with E-state index in [9.17, 15) is 4.79 Å². The molecule has 2 nitrogen and oxygen atoms in total. The summed E-state index contributed by atoms with van der Waals surface area (Å²) in [4.78, 5) is 16.8. The molecule has 17 heavy (non-hydrogen) atoms. The van der Waals surface area contributed by atoms with Crippen LogP contribution in [0.15, 0.2) is 34.5 Å². The lowest BCUT2D eigenvalue weighted by molar-refractivity contribution is 0.101. The summed E-state index contributed by atoms with van der Waals surface area (Å²) in [6.45, 7) is 3.68. The standard InChI is InChI=1S/C13H13NOS2/c1-3-16-11-6-4-10(5-7-11)13-14-12(8-17-13)9(2)15/h4-8H,3H2,1-2H3. The summed E-state index contributed by atoms with van der Waals surface area (Å²) in [5.41, 5.74) is 1.62. The van der Waals surface area contributed by atoms with Gasteiger partial charge in [0.25, 0.3) is 0 Å². The van der Waals surface area contributed by atoms with E-state index in [0.717, 1.165) is 16.3 Å². The summed E-state index contributed by atoms with van der Waals surface area (Å²) >= 11 is 3.33. The molecule has 0 saturated heterocycles. The first-order chi connectivity index (χ1) is 8.20. The Morgan fingerprint density at radius 2 is 2.06 bits per heavy atom. The zero-order chi connectivity index (χ0) is 12.3. The molecule has 0 saturated carbocycles. The lowest BCUT2D eigenvalue weighted by Crippen LogP contribution is -1.91. The molecule has 0 spiro atoms. The van der Waals surface area contributed by atoms with Gasteiger partial charge in [-0.15, -0.1) is 23.1 Å². The van der Waals surface area contributed by atoms with E-state index in [2.05, 4.69) is 36.2 Å². The summed E-state index contributed by atoms with van der Waals surface area (Å²) < 4.78 is 0. The van der Waals surface area contributed by atoms with Gasteiger partial charge in [-0.25, -0.2) is 4.98 Å². The fraction of sp³-hybridized carbons (Fsp3) is 0.231. The molecule has 4 heteroatoms. The maximum atomic E-state index is 11.2. The summed E-state index contributed by atoms with van der Waals surface area (Å²) in [5.74, 6) is 1.09. The number of Topliss-reactive ketones (excluding diaryl/α,β-unsaturated/α-hetero) is 1. The highest BCUT2D eigenvalue weighted by atomic mass is 32.2. The molecule has 0 fully saturated rings. The van der Waals surface area contributed by atoms with Gasteiger partial charge in [0.2, 0.25) is 0 Å². The Labute approximate surface area is 109 Å². The van der Waals surface area contributed by atoms with Crippen molar-refractivity contribution in [1.29, 1.82) is 0 Å². The molecule has 88 valence electrons. The van der Waals surface area contributed by atoms with Crippen LogP contribution in [0.1, 0.15) is 24.3 Å². The zero-order valence-corrected chi connectivity index (χ0v) is 11.4. The van der Waals surface area contributed by atoms with Gasteiger partial charge in [-0.05, 0) is 17.9 Å². The summed E-state index contributed by atoms with van der Waals surface area (Å²) in [5, 5.41) is 2.72. The van der Waals surface area contributed by atoms with Gasteiger partial charge in [-0.2, -0.15) is 0 Å². The van der Waals surface area contributed by atoms with Gasteiger partial charge < -0.3 is 0 Å². The van der Waals surface area contributed by atoms with E-state index in [1.165, 1.54) is 16.2 Å². The van der Waals surface area contributed by atoms with E-state index in [1.807, 2.05) is 17.1 Å². The molecule has 1 aromatic carbocycles. The van der Waals surface area contributed by atoms with Gasteiger partial charge in [-0.1, -0.05) is 19.1 Å². The van der Waals surface area contributed by atoms with Crippen LogP contribution in [0.5, 0.6) is 0 Å². The van der Waals surface area contributed by atoms with Crippen LogP contribution in [-0.2, 0) is 0 Å². The number of hydrogen-bond donors (Lipinski definition) is 0. The van der Waals surface area contributed by atoms with E-state index >= 15 is 0 Å². The number of ketones is 1. The number of rotatable bonds is 4. The quantitative estimate of drug-likeness (QED) is 0.614. The monoisotopic (exact) mass is 263 g/mol. The predicted octanol–water partition coefficient (Wildman–Crippen LogP) is 4.12. The Bertz CT molecular complexity index is 516. The number of hydrogen-bond acceptors (Lipinski definition) is 4. The second-order valence-electron chi connectivity index (χ2n) is 3.55. The third-order valence-electron chi connectivity index (χ3n) is 2.28. The van der Waals surface area contributed by atoms with Crippen LogP contribution in [-0.4, -0.2) is 16.5 Å². The number of carbonyl (C=O) groups excluding carboxylic acids is 1. The highest BCUT2D eigenvalue weighted by Crippen LogP contribution is 2.26. The van der Waals surface area contributed by atoms with Gasteiger partial charge in [0.15, 0.2) is 5.78 Å². The highest BCUT2D eigenvalue weighted by molar-refractivity contribution is 7.99. The van der Waals surface area contributed by atoms with Crippen molar-refractivity contribution in [2.75, 3.05) is 5.75 Å². The summed E-state index contributed by atoms with van der Waals surface area (Å²) in [6.07, 6.45) is 0. The van der Waals surface area contributed by atoms with E-state index in [1.54, 1.807) is 6.92 Å². The maximum absolute atomic E-state index is 11.2. The van der Waals surface area contributed by atoms with Crippen LogP contribution in [0, 0.1) is 0 Å². The first-order valence-corrected chi connectivity index (χ1v) is 7.27. The lowest BCUT2D eigenvalue weighted by atomic mass is 10.2. The SMILES string of the molecule is CCSc1ccc(-c2nc(C(C)=O)cs2)cc1. The number of carbonyl (C=O) groups is 1. The van der Waals surface area contributed by atoms with Crippen LogP contribution in [0.4, 0.5) is 0 Å². The molecule has 0 aliphatic rings. The second-order valence-corrected chi connectivity index (χ2v) is 5.75. The van der Waals surface area contributed by atoms with Crippen molar-refractivity contribution >= 4 is 28.9 Å². The van der Waals surface area contributed by atoms with Crippen LogP contribution in [0.2, 0.25) is 0 Å². The van der Waals surface area contributed by atoms with E-state index in [0.29, 0.717) is 5.69 Å². The number of aromatic nitrogens is 1. The normalized spacial score (nSPS) is 10.5. The van der Waals surface area contributed by atoms with Crippen LogP contribution in [0.25, 0.3) is 10.6 Å². The zero-order valence-electron chi connectivity index (χ0n) is 9.77. The second kappa shape index (κ2) is 5.47. The Hall–Kier alpha value is -1.13. The van der Waals surface area contributed by atoms with Crippen LogP contribution in [0.3, 0.4) is 0 Å². The van der Waals surface area contributed by atoms with Crippen molar-refractivity contribution in [1.82, 2.24) is 4.98 Å². The first kappa shape index (κ1) is 12.3. The minimum atomic E-state index is 0.0191. The van der Waals surface area contributed by atoms with E-state index < -0.39 is 0 Å². The molecule has 1 aromatic heterocycles. The average Bonchev–Trinajstić information content (AvgIpc) is 2.80. The minimum absolute atomic E-state index is 0.0191. The van der Waals surface area contributed by atoms with Crippen LogP contribution < -0.4 is 0 Å². The Morgan fingerprint density at radius 3 is 2.59 bits per heavy atom. The molecule has 0 radical (unpaired) electrons. The molecule has 0 N–H and O–H groups in total. The van der Waals surface area contributed by atoms with E-state index in [4.69, 9.17) is 0 Å². The predicted molar refractivity (Wildman–Crippen MR) is 74.0 cm³/mol. The van der Waals surface area contributed by atoms with Crippen LogP contribution >= 0.6 is 23.1 Å². The number of nitrogens with zero attached hydrogens (tertiary/aromatic N) is 1. The molecule has 0 atom stereocenters. The average molecular weight is 263 g/mol. The fourth-order valence-corrected chi connectivity index (χ4v) is 2.96. The van der Waals surface area contributed by atoms with Crippen molar-refractivity contribution in [3.63, 3.8) is 0 Å². The molecule has 0 bridgehead atoms. The largest absolute Gasteiger partial charge is 0.293 e. The van der Waals surface area contributed by atoms with Crippen molar-refractivity contribution in [3.05, 3.63) is 35.3 Å². The van der Waals surface area contributed by atoms with Crippen molar-refractivity contribution in [2.24, 2.45) is 0 Å². The molecule has 2 rings (SSSR count). The topological polar surface area (TPSA) is 30.0 Å². The number of benzene rings is 1. The lowest BCUT2D eigenvalue weighted by Gasteiger charge is -1.99. The van der Waals surface area contributed by atoms with Gasteiger partial charge in [0.05, 0.1) is 0 Å². The number of thiazole rings is 1. The molecular formula is C13H13NOS2. The Morgan fingerprint density at radius 1 is 1.35 bits per heavy atom. The highest BCUT2D eigenvalue weighted by Gasteiger charge is 2.07. The van der Waals surface area contributed by atoms with Gasteiger partial charge in [0.1, 0.15) is 10.7 Å². The van der Waals surface area contributed by atoms with Crippen molar-refractivity contribution in [3.8, 4) is 10.6 Å². The van der Waals surface area contributed by atoms with Gasteiger partial charge in [0, 0.05) is 22.8 Å². The Kier molecular flexibility index (Phi) is 3.97. The molecule has 0 aliphatic heterocycles. The maximum Gasteiger partial charge on any atom is 0.178 e. The van der Waals surface area contributed by atoms with Crippen molar-refractivity contribution in [2.45, 2.75) is 18.7 Å². The molecule has 0 aliphatic carbocycles. The third-order valence-corrected chi connectivity index (χ3v) is 4.06. The van der Waals surface area contributed by atoms with Gasteiger partial charge >= 0.3 is 0 Å². The minimum Gasteiger partial charge on any atom is -0.293 e. The van der Waals surface area contributed by atoms with Crippen molar-refractivity contribution < 1.29 is 4.79 Å². The fourth-order valence-electron chi connectivity index (χ4n) is 1.43. The third kappa shape index (κ3) is 2.96. The number of thioether (sulfide) groups is 1. The van der Waals surface area contributed by atoms with Gasteiger partial charge in [-0.3, -0.25) is 4.79 Å². The smallest absolute Gasteiger partial charge is 0.178 e. The Balaban J connectivity index is 2.23. The molecule has 2 aromatic rings. The molecule has 1 heterocycles. The summed E-state index contributed by atoms with van der Waals surface area (Å²) in [7, 11) is 0. The molecule has 0 amide bonds. The first-order valence-electron chi connectivity index (χ1n) is 5.40. The molecule has 0 unspecified atom stereocenters. The molecular weight excluding hydrogens is 250 g/mol. The summed E-state index contributed by atoms with van der Waals surface area (Å²) in [6, 6.07) is 8.30.